The average Bonchev–Trinajstić information content (AvgIpc) is 1.50. The summed E-state index contributed by atoms with van der Waals surface area (Å²) < 4.78 is 0. The Morgan fingerprint density at radius 1 is 0.800 bits per heavy atom. The van der Waals surface area contributed by atoms with E-state index in [4.69, 9.17) is 10.2 Å². The molecule has 0 saturated heterocycles. The summed E-state index contributed by atoms with van der Waals surface area (Å²) in [5.41, 5.74) is 0. The fraction of sp³-hybridized carbons (Fsp3) is 1.00. The molecule has 0 spiro atoms. The van der Waals surface area contributed by atoms with Crippen molar-refractivity contribution in [2.75, 3.05) is 14.2 Å². The monoisotopic (exact) mass is 239 g/mol. The minimum atomic E-state index is 0. The normalized spacial score (nSPS) is 2.40. The van der Waals surface area contributed by atoms with Gasteiger partial charge in [0.05, 0.1) is 0 Å². The van der Waals surface area contributed by atoms with Crippen LogP contribution in [0, 0.1) is 36.9 Å². The smallest absolute Gasteiger partial charge is 0.0319 e. The molecule has 0 aromatic heterocycles. The molecule has 0 rings (SSSR count). The Bertz CT molecular complexity index is 7.61. The Morgan fingerprint density at radius 2 is 0.800 bits per heavy atom. The van der Waals surface area contributed by atoms with Crippen LogP contribution in [0.3, 0.4) is 0 Å². The minimum Gasteiger partial charge on any atom is -0.400 e. The summed E-state index contributed by atoms with van der Waals surface area (Å²) in [5, 5.41) is 14.0. The van der Waals surface area contributed by atoms with Crippen molar-refractivity contribution in [2.45, 2.75) is 0 Å². The molecule has 1 radical (unpaired) electrons. The summed E-state index contributed by atoms with van der Waals surface area (Å²) in [6.45, 7) is 0. The predicted octanol–water partition coefficient (Wildman–Crippen LogP) is -0.783. The standard InChI is InChI=1S/2CH4O.Lu/c2*1-2;/h2*2H,1H3;. The van der Waals surface area contributed by atoms with E-state index in [0.29, 0.717) is 0 Å². The summed E-state index contributed by atoms with van der Waals surface area (Å²) in [5.74, 6) is 0. The molecule has 0 aromatic rings. The van der Waals surface area contributed by atoms with Gasteiger partial charge >= 0.3 is 0 Å². The van der Waals surface area contributed by atoms with Crippen molar-refractivity contribution in [3.05, 3.63) is 0 Å². The predicted molar refractivity (Wildman–Crippen MR) is 16.3 cm³/mol. The number of rotatable bonds is 0. The minimum absolute atomic E-state index is 0. The maximum Gasteiger partial charge on any atom is 0.0319 e. The Kier molecular flexibility index (Phi) is 220. The summed E-state index contributed by atoms with van der Waals surface area (Å²) in [6, 6.07) is 0. The van der Waals surface area contributed by atoms with Crippen molar-refractivity contribution >= 4 is 0 Å². The summed E-state index contributed by atoms with van der Waals surface area (Å²) in [7, 11) is 2.00. The van der Waals surface area contributed by atoms with Gasteiger partial charge in [-0.15, -0.1) is 0 Å². The van der Waals surface area contributed by atoms with Crippen LogP contribution in [0.5, 0.6) is 0 Å². The van der Waals surface area contributed by atoms with Gasteiger partial charge in [-0.3, -0.25) is 0 Å². The van der Waals surface area contributed by atoms with Gasteiger partial charge in [0.2, 0.25) is 0 Å². The van der Waals surface area contributed by atoms with Crippen molar-refractivity contribution in [2.24, 2.45) is 0 Å². The van der Waals surface area contributed by atoms with Crippen molar-refractivity contribution in [1.82, 2.24) is 0 Å². The molecular formula is C2H8LuO2. The summed E-state index contributed by atoms with van der Waals surface area (Å²) in [6.07, 6.45) is 0. The molecule has 3 heteroatoms. The van der Waals surface area contributed by atoms with Crippen LogP contribution in [0.25, 0.3) is 0 Å². The van der Waals surface area contributed by atoms with Gasteiger partial charge in [-0.05, 0) is 0 Å². The Balaban J connectivity index is -0.0000000133. The molecule has 0 aromatic carbocycles. The topological polar surface area (TPSA) is 40.5 Å². The molecule has 2 N–H and O–H groups in total. The molecule has 43 valence electrons. The first-order valence-corrected chi connectivity index (χ1v) is 0.894. The zero-order chi connectivity index (χ0) is 4.00. The Labute approximate surface area is 61.0 Å². The number of hydrogen-bond donors (Lipinski definition) is 2. The maximum absolute atomic E-state index is 7.00. The molecule has 0 bridgehead atoms. The molecule has 0 fully saturated rings. The van der Waals surface area contributed by atoms with E-state index >= 15 is 0 Å². The number of aliphatic hydroxyl groups excluding tert-OH is 2. The van der Waals surface area contributed by atoms with Gasteiger partial charge in [-0.1, -0.05) is 0 Å². The first-order chi connectivity index (χ1) is 2.00. The van der Waals surface area contributed by atoms with Crippen molar-refractivity contribution in [3.8, 4) is 0 Å². The molecular weight excluding hydrogens is 231 g/mol. The average molecular weight is 239 g/mol. The second-order valence-electron chi connectivity index (χ2n) is 0. The van der Waals surface area contributed by atoms with Crippen LogP contribution in [0.1, 0.15) is 0 Å². The van der Waals surface area contributed by atoms with Crippen molar-refractivity contribution in [3.63, 3.8) is 0 Å². The van der Waals surface area contributed by atoms with Crippen LogP contribution in [0.4, 0.5) is 0 Å². The van der Waals surface area contributed by atoms with E-state index in [1.54, 1.807) is 0 Å². The van der Waals surface area contributed by atoms with Gasteiger partial charge < -0.3 is 10.2 Å². The van der Waals surface area contributed by atoms with Crippen LogP contribution in [0.15, 0.2) is 0 Å². The molecule has 0 unspecified atom stereocenters. The third-order valence-electron chi connectivity index (χ3n) is 0. The summed E-state index contributed by atoms with van der Waals surface area (Å²) in [4.78, 5) is 0. The van der Waals surface area contributed by atoms with Gasteiger partial charge in [0.1, 0.15) is 0 Å². The quantitative estimate of drug-likeness (QED) is 0.582. The third-order valence-corrected chi connectivity index (χ3v) is 0. The Morgan fingerprint density at radius 3 is 0.800 bits per heavy atom. The number of aliphatic hydroxyl groups is 2. The zero-order valence-electron chi connectivity index (χ0n) is 3.15. The van der Waals surface area contributed by atoms with E-state index in [9.17, 15) is 0 Å². The molecule has 0 amide bonds. The largest absolute Gasteiger partial charge is 0.400 e. The van der Waals surface area contributed by atoms with Crippen LogP contribution in [-0.2, 0) is 0 Å². The zero-order valence-corrected chi connectivity index (χ0v) is 4.81. The molecule has 0 atom stereocenters. The molecule has 5 heavy (non-hydrogen) atoms. The van der Waals surface area contributed by atoms with Crippen molar-refractivity contribution < 1.29 is 47.1 Å². The van der Waals surface area contributed by atoms with Crippen LogP contribution >= 0.6 is 0 Å². The Hall–Kier alpha value is 1.15. The fourth-order valence-corrected chi connectivity index (χ4v) is 0. The SMILES string of the molecule is CO.CO.[Lu]. The molecule has 0 saturated carbocycles. The van der Waals surface area contributed by atoms with Gasteiger partial charge in [0.15, 0.2) is 0 Å². The first kappa shape index (κ1) is 16.4. The van der Waals surface area contributed by atoms with Gasteiger partial charge in [0.25, 0.3) is 0 Å². The molecule has 0 aliphatic rings. The third kappa shape index (κ3) is 38.5. The second kappa shape index (κ2) is 66.8. The first-order valence-electron chi connectivity index (χ1n) is 0.894. The van der Waals surface area contributed by atoms with E-state index in [2.05, 4.69) is 0 Å². The van der Waals surface area contributed by atoms with E-state index in [0.717, 1.165) is 14.2 Å². The van der Waals surface area contributed by atoms with E-state index < -0.39 is 0 Å². The van der Waals surface area contributed by atoms with E-state index in [-0.39, 0.29) is 36.9 Å². The van der Waals surface area contributed by atoms with Crippen LogP contribution in [-0.4, -0.2) is 24.4 Å². The van der Waals surface area contributed by atoms with Crippen LogP contribution < -0.4 is 0 Å². The molecule has 0 aliphatic heterocycles. The summed E-state index contributed by atoms with van der Waals surface area (Å²) >= 11 is 0. The molecule has 2 nitrogen and oxygen atoms in total. The van der Waals surface area contributed by atoms with E-state index in [1.807, 2.05) is 0 Å². The second-order valence-corrected chi connectivity index (χ2v) is 0. The number of hydrogen-bond acceptors (Lipinski definition) is 2. The molecule has 0 aliphatic carbocycles. The van der Waals surface area contributed by atoms with E-state index in [1.165, 1.54) is 0 Å². The van der Waals surface area contributed by atoms with Crippen LogP contribution in [0.2, 0.25) is 0 Å². The van der Waals surface area contributed by atoms with Gasteiger partial charge in [-0.2, -0.15) is 0 Å². The molecule has 0 heterocycles. The van der Waals surface area contributed by atoms with Gasteiger partial charge in [0, 0.05) is 51.1 Å². The maximum atomic E-state index is 7.00. The van der Waals surface area contributed by atoms with Crippen molar-refractivity contribution in [1.29, 1.82) is 0 Å². The fourth-order valence-electron chi connectivity index (χ4n) is 0. The van der Waals surface area contributed by atoms with Gasteiger partial charge in [-0.25, -0.2) is 0 Å².